The molecule has 19 heavy (non-hydrogen) atoms. The number of rotatable bonds is 5. The maximum atomic E-state index is 5.99. The second-order valence-corrected chi connectivity index (χ2v) is 6.37. The number of hydrogen-bond acceptors (Lipinski definition) is 3. The topological polar surface area (TPSA) is 21.3 Å². The third kappa shape index (κ3) is 3.63. The maximum Gasteiger partial charge on any atom is 0.125 e. The highest BCUT2D eigenvalue weighted by atomic mass is 35.5. The van der Waals surface area contributed by atoms with E-state index in [1.807, 2.05) is 31.3 Å². The first-order valence-electron chi connectivity index (χ1n) is 5.89. The summed E-state index contributed by atoms with van der Waals surface area (Å²) < 4.78 is 6.22. The van der Waals surface area contributed by atoms with Gasteiger partial charge in [0.05, 0.1) is 11.4 Å². The summed E-state index contributed by atoms with van der Waals surface area (Å²) in [7, 11) is 3.60. The van der Waals surface area contributed by atoms with Crippen LogP contribution in [0, 0.1) is 0 Å². The Balaban J connectivity index is 2.26. The lowest BCUT2D eigenvalue weighted by molar-refractivity contribution is 0.401. The first kappa shape index (κ1) is 14.7. The van der Waals surface area contributed by atoms with Gasteiger partial charge in [0.1, 0.15) is 5.75 Å². The summed E-state index contributed by atoms with van der Waals surface area (Å²) in [4.78, 5) is 1.24. The summed E-state index contributed by atoms with van der Waals surface area (Å²) >= 11 is 13.6. The second-order valence-electron chi connectivity index (χ2n) is 4.14. The number of nitrogens with one attached hydrogen (secondary N) is 1. The summed E-state index contributed by atoms with van der Waals surface area (Å²) in [5.41, 5.74) is 1.10. The predicted octanol–water partition coefficient (Wildman–Crippen LogP) is 4.57. The molecule has 0 spiro atoms. The molecule has 0 radical (unpaired) electrons. The second kappa shape index (κ2) is 6.62. The molecule has 1 heterocycles. The maximum absolute atomic E-state index is 5.99. The molecule has 0 aliphatic carbocycles. The van der Waals surface area contributed by atoms with E-state index in [2.05, 4.69) is 11.4 Å². The van der Waals surface area contributed by atoms with E-state index in [4.69, 9.17) is 27.9 Å². The standard InChI is InChI=1S/C14H15Cl2NOS/c1-17-12(8-10-4-6-14(16)19-10)11-5-3-9(15)7-13(11)18-2/h3-7,12,17H,8H2,1-2H3. The lowest BCUT2D eigenvalue weighted by atomic mass is 10.0. The fourth-order valence-corrected chi connectivity index (χ4v) is 3.30. The van der Waals surface area contributed by atoms with Crippen LogP contribution in [0.3, 0.4) is 0 Å². The minimum atomic E-state index is 0.168. The largest absolute Gasteiger partial charge is 0.496 e. The molecule has 1 atom stereocenters. The Kier molecular flexibility index (Phi) is 5.11. The van der Waals surface area contributed by atoms with Gasteiger partial charge >= 0.3 is 0 Å². The summed E-state index contributed by atoms with van der Waals surface area (Å²) in [5, 5.41) is 3.99. The lowest BCUT2D eigenvalue weighted by Crippen LogP contribution is -2.19. The number of ether oxygens (including phenoxy) is 1. The molecule has 0 aliphatic rings. The molecule has 0 saturated carbocycles. The summed E-state index contributed by atoms with van der Waals surface area (Å²) in [6.45, 7) is 0. The van der Waals surface area contributed by atoms with Crippen molar-refractivity contribution in [3.05, 3.63) is 50.1 Å². The van der Waals surface area contributed by atoms with Crippen LogP contribution in [0.2, 0.25) is 9.36 Å². The number of methoxy groups -OCH3 is 1. The van der Waals surface area contributed by atoms with Crippen molar-refractivity contribution in [2.24, 2.45) is 0 Å². The summed E-state index contributed by atoms with van der Waals surface area (Å²) in [6.07, 6.45) is 0.867. The van der Waals surface area contributed by atoms with Crippen molar-refractivity contribution in [3.63, 3.8) is 0 Å². The van der Waals surface area contributed by atoms with Crippen LogP contribution >= 0.6 is 34.5 Å². The Hall–Kier alpha value is -0.740. The Morgan fingerprint density at radius 3 is 2.63 bits per heavy atom. The SMILES string of the molecule is CNC(Cc1ccc(Cl)s1)c1ccc(Cl)cc1OC. The van der Waals surface area contributed by atoms with Crippen molar-refractivity contribution < 1.29 is 4.74 Å². The van der Waals surface area contributed by atoms with E-state index in [9.17, 15) is 0 Å². The first-order chi connectivity index (χ1) is 9.13. The van der Waals surface area contributed by atoms with E-state index < -0.39 is 0 Å². The summed E-state index contributed by atoms with van der Waals surface area (Å²) in [6, 6.07) is 9.86. The Morgan fingerprint density at radius 1 is 1.26 bits per heavy atom. The van der Waals surface area contributed by atoms with Crippen LogP contribution < -0.4 is 10.1 Å². The molecule has 0 aliphatic heterocycles. The van der Waals surface area contributed by atoms with Gasteiger partial charge in [0.2, 0.25) is 0 Å². The fourth-order valence-electron chi connectivity index (χ4n) is 2.00. The smallest absolute Gasteiger partial charge is 0.125 e. The van der Waals surface area contributed by atoms with Gasteiger partial charge in [0, 0.05) is 27.9 Å². The van der Waals surface area contributed by atoms with Crippen LogP contribution in [0.15, 0.2) is 30.3 Å². The molecule has 1 N–H and O–H groups in total. The molecule has 2 nitrogen and oxygen atoms in total. The number of hydrogen-bond donors (Lipinski definition) is 1. The molecule has 1 aromatic carbocycles. The van der Waals surface area contributed by atoms with Gasteiger partial charge in [0.15, 0.2) is 0 Å². The highest BCUT2D eigenvalue weighted by molar-refractivity contribution is 7.16. The van der Waals surface area contributed by atoms with Crippen LogP contribution in [-0.2, 0) is 6.42 Å². The molecule has 5 heteroatoms. The van der Waals surface area contributed by atoms with Crippen LogP contribution in [0.4, 0.5) is 0 Å². The van der Waals surface area contributed by atoms with Crippen LogP contribution in [0.25, 0.3) is 0 Å². The van der Waals surface area contributed by atoms with Crippen molar-refractivity contribution in [2.75, 3.05) is 14.2 Å². The number of benzene rings is 1. The van der Waals surface area contributed by atoms with Gasteiger partial charge in [0.25, 0.3) is 0 Å². The van der Waals surface area contributed by atoms with Crippen LogP contribution in [0.5, 0.6) is 5.75 Å². The molecule has 2 rings (SSSR count). The van der Waals surface area contributed by atoms with Crippen molar-refractivity contribution in [3.8, 4) is 5.75 Å². The highest BCUT2D eigenvalue weighted by Crippen LogP contribution is 2.32. The third-order valence-corrected chi connectivity index (χ3v) is 4.44. The van der Waals surface area contributed by atoms with Gasteiger partial charge < -0.3 is 10.1 Å². The number of likely N-dealkylation sites (N-methyl/N-ethyl adjacent to an activating group) is 1. The molecule has 102 valence electrons. The Bertz CT molecular complexity index is 556. The van der Waals surface area contributed by atoms with Gasteiger partial charge in [-0.25, -0.2) is 0 Å². The molecule has 0 saturated heterocycles. The quantitative estimate of drug-likeness (QED) is 0.872. The molecule has 0 amide bonds. The Labute approximate surface area is 127 Å². The van der Waals surface area contributed by atoms with E-state index in [1.165, 1.54) is 4.88 Å². The minimum absolute atomic E-state index is 0.168. The van der Waals surface area contributed by atoms with E-state index in [-0.39, 0.29) is 6.04 Å². The zero-order chi connectivity index (χ0) is 13.8. The summed E-state index contributed by atoms with van der Waals surface area (Å²) in [5.74, 6) is 0.800. The average Bonchev–Trinajstić information content (AvgIpc) is 2.81. The first-order valence-corrected chi connectivity index (χ1v) is 7.46. The van der Waals surface area contributed by atoms with Gasteiger partial charge in [-0.05, 0) is 31.3 Å². The minimum Gasteiger partial charge on any atom is -0.496 e. The van der Waals surface area contributed by atoms with Gasteiger partial charge in [-0.2, -0.15) is 0 Å². The zero-order valence-electron chi connectivity index (χ0n) is 10.7. The van der Waals surface area contributed by atoms with Gasteiger partial charge in [-0.3, -0.25) is 0 Å². The molecule has 0 bridgehead atoms. The Morgan fingerprint density at radius 2 is 2.05 bits per heavy atom. The molecule has 1 unspecified atom stereocenters. The molecule has 2 aromatic rings. The van der Waals surface area contributed by atoms with E-state index in [1.54, 1.807) is 18.4 Å². The monoisotopic (exact) mass is 315 g/mol. The highest BCUT2D eigenvalue weighted by Gasteiger charge is 2.16. The van der Waals surface area contributed by atoms with E-state index in [0.717, 1.165) is 22.1 Å². The molecular weight excluding hydrogens is 301 g/mol. The normalized spacial score (nSPS) is 12.4. The fraction of sp³-hybridized carbons (Fsp3) is 0.286. The van der Waals surface area contributed by atoms with E-state index >= 15 is 0 Å². The van der Waals surface area contributed by atoms with Crippen LogP contribution in [-0.4, -0.2) is 14.2 Å². The van der Waals surface area contributed by atoms with Gasteiger partial charge in [-0.1, -0.05) is 29.3 Å². The van der Waals surface area contributed by atoms with Crippen molar-refractivity contribution in [1.29, 1.82) is 0 Å². The predicted molar refractivity (Wildman–Crippen MR) is 82.8 cm³/mol. The van der Waals surface area contributed by atoms with Crippen molar-refractivity contribution >= 4 is 34.5 Å². The zero-order valence-corrected chi connectivity index (χ0v) is 13.1. The number of halogens is 2. The van der Waals surface area contributed by atoms with Crippen molar-refractivity contribution in [2.45, 2.75) is 12.5 Å². The third-order valence-electron chi connectivity index (χ3n) is 2.95. The van der Waals surface area contributed by atoms with Gasteiger partial charge in [-0.15, -0.1) is 11.3 Å². The van der Waals surface area contributed by atoms with Crippen LogP contribution in [0.1, 0.15) is 16.5 Å². The molecule has 0 fully saturated rings. The number of thiophene rings is 1. The average molecular weight is 316 g/mol. The molecular formula is C14H15Cl2NOS. The van der Waals surface area contributed by atoms with Crippen molar-refractivity contribution in [1.82, 2.24) is 5.32 Å². The lowest BCUT2D eigenvalue weighted by Gasteiger charge is -2.19. The van der Waals surface area contributed by atoms with E-state index in [0.29, 0.717) is 5.02 Å². The molecule has 1 aromatic heterocycles.